The van der Waals surface area contributed by atoms with E-state index in [0.29, 0.717) is 0 Å². The van der Waals surface area contributed by atoms with Gasteiger partial charge in [-0.25, -0.2) is 0 Å². The van der Waals surface area contributed by atoms with Crippen molar-refractivity contribution in [1.82, 2.24) is 0 Å². The molecule has 0 heterocycles. The normalized spacial score (nSPS) is 10.5. The number of benzene rings is 3. The van der Waals surface area contributed by atoms with Crippen LogP contribution in [0.1, 0.15) is 25.0 Å². The third-order valence-corrected chi connectivity index (χ3v) is 4.78. The Morgan fingerprint density at radius 2 is 0.846 bits per heavy atom. The van der Waals surface area contributed by atoms with E-state index in [-0.39, 0.29) is 0 Å². The van der Waals surface area contributed by atoms with Crippen LogP contribution in [0, 0.1) is 0 Å². The van der Waals surface area contributed by atoms with Crippen molar-refractivity contribution in [3.8, 4) is 0 Å². The van der Waals surface area contributed by atoms with E-state index in [1.54, 1.807) is 0 Å². The Labute approximate surface area is 157 Å². The molecule has 0 spiro atoms. The summed E-state index contributed by atoms with van der Waals surface area (Å²) in [6.07, 6.45) is 0. The van der Waals surface area contributed by atoms with E-state index in [1.165, 1.54) is 22.5 Å². The Kier molecular flexibility index (Phi) is 6.32. The van der Waals surface area contributed by atoms with Crippen molar-refractivity contribution in [3.05, 3.63) is 96.1 Å². The minimum Gasteiger partial charge on any atom is -0.367 e. The van der Waals surface area contributed by atoms with Crippen molar-refractivity contribution in [2.24, 2.45) is 0 Å². The Balaban J connectivity index is 1.66. The first kappa shape index (κ1) is 18.1. The van der Waals surface area contributed by atoms with Crippen LogP contribution in [-0.4, -0.2) is 13.1 Å². The van der Waals surface area contributed by atoms with Gasteiger partial charge in [0.15, 0.2) is 0 Å². The van der Waals surface area contributed by atoms with Crippen LogP contribution in [0.25, 0.3) is 0 Å². The minimum atomic E-state index is 0.941. The molecule has 3 aromatic rings. The fourth-order valence-electron chi connectivity index (χ4n) is 3.24. The molecule has 26 heavy (non-hydrogen) atoms. The minimum absolute atomic E-state index is 0.941. The molecular formula is C24H28N2. The highest BCUT2D eigenvalue weighted by Crippen LogP contribution is 2.19. The lowest BCUT2D eigenvalue weighted by Gasteiger charge is -2.24. The molecule has 0 atom stereocenters. The Morgan fingerprint density at radius 1 is 0.500 bits per heavy atom. The van der Waals surface area contributed by atoms with E-state index in [4.69, 9.17) is 0 Å². The first-order chi connectivity index (χ1) is 12.8. The van der Waals surface area contributed by atoms with Gasteiger partial charge < -0.3 is 9.80 Å². The van der Waals surface area contributed by atoms with Crippen molar-refractivity contribution in [2.75, 3.05) is 22.9 Å². The van der Waals surface area contributed by atoms with Crippen LogP contribution < -0.4 is 9.80 Å². The van der Waals surface area contributed by atoms with Gasteiger partial charge in [0, 0.05) is 37.6 Å². The predicted molar refractivity (Wildman–Crippen MR) is 113 cm³/mol. The fraction of sp³-hybridized carbons (Fsp3) is 0.250. The predicted octanol–water partition coefficient (Wildman–Crippen LogP) is 5.74. The molecular weight excluding hydrogens is 316 g/mol. The number of anilines is 2. The van der Waals surface area contributed by atoms with E-state index in [1.807, 2.05) is 0 Å². The Morgan fingerprint density at radius 3 is 1.15 bits per heavy atom. The zero-order valence-corrected chi connectivity index (χ0v) is 15.8. The fourth-order valence-corrected chi connectivity index (χ4v) is 3.24. The summed E-state index contributed by atoms with van der Waals surface area (Å²) in [4.78, 5) is 4.80. The molecule has 0 amide bonds. The summed E-state index contributed by atoms with van der Waals surface area (Å²) in [7, 11) is 0. The van der Waals surface area contributed by atoms with Gasteiger partial charge in [-0.3, -0.25) is 0 Å². The monoisotopic (exact) mass is 344 g/mol. The van der Waals surface area contributed by atoms with Gasteiger partial charge in [0.2, 0.25) is 0 Å². The lowest BCUT2D eigenvalue weighted by Crippen LogP contribution is -2.22. The summed E-state index contributed by atoms with van der Waals surface area (Å²) in [5, 5.41) is 0. The molecule has 0 bridgehead atoms. The first-order valence-corrected chi connectivity index (χ1v) is 9.48. The van der Waals surface area contributed by atoms with Gasteiger partial charge in [-0.2, -0.15) is 0 Å². The standard InChI is InChI=1S/C24H28N2/c1-3-25(23-11-7-5-8-12-23)19-21-15-17-22(18-16-21)20-26(4-2)24-13-9-6-10-14-24/h5-18H,3-4,19-20H2,1-2H3. The topological polar surface area (TPSA) is 6.48 Å². The average molecular weight is 345 g/mol. The van der Waals surface area contributed by atoms with Crippen molar-refractivity contribution in [1.29, 1.82) is 0 Å². The number of hydrogen-bond acceptors (Lipinski definition) is 2. The summed E-state index contributed by atoms with van der Waals surface area (Å²) in [6, 6.07) is 30.3. The average Bonchev–Trinajstić information content (AvgIpc) is 2.72. The lowest BCUT2D eigenvalue weighted by atomic mass is 10.1. The summed E-state index contributed by atoms with van der Waals surface area (Å²) in [5.74, 6) is 0. The van der Waals surface area contributed by atoms with Gasteiger partial charge in [0.25, 0.3) is 0 Å². The molecule has 0 aliphatic rings. The second kappa shape index (κ2) is 9.10. The van der Waals surface area contributed by atoms with Crippen LogP contribution in [0.3, 0.4) is 0 Å². The number of para-hydroxylation sites is 2. The highest BCUT2D eigenvalue weighted by Gasteiger charge is 2.07. The molecule has 3 rings (SSSR count). The quantitative estimate of drug-likeness (QED) is 0.514. The van der Waals surface area contributed by atoms with E-state index in [9.17, 15) is 0 Å². The molecule has 0 fully saturated rings. The molecule has 0 saturated carbocycles. The molecule has 0 aromatic heterocycles. The maximum atomic E-state index is 2.40. The van der Waals surface area contributed by atoms with E-state index in [0.717, 1.165) is 26.2 Å². The number of hydrogen-bond donors (Lipinski definition) is 0. The zero-order chi connectivity index (χ0) is 18.2. The maximum Gasteiger partial charge on any atom is 0.0429 e. The lowest BCUT2D eigenvalue weighted by molar-refractivity contribution is 0.821. The molecule has 0 saturated heterocycles. The van der Waals surface area contributed by atoms with Gasteiger partial charge in [0.1, 0.15) is 0 Å². The molecule has 2 nitrogen and oxygen atoms in total. The van der Waals surface area contributed by atoms with Crippen molar-refractivity contribution in [3.63, 3.8) is 0 Å². The summed E-state index contributed by atoms with van der Waals surface area (Å²) < 4.78 is 0. The largest absolute Gasteiger partial charge is 0.367 e. The third-order valence-electron chi connectivity index (χ3n) is 4.78. The molecule has 134 valence electrons. The van der Waals surface area contributed by atoms with E-state index < -0.39 is 0 Å². The summed E-state index contributed by atoms with van der Waals surface area (Å²) >= 11 is 0. The Bertz CT molecular complexity index is 698. The van der Waals surface area contributed by atoms with Crippen molar-refractivity contribution in [2.45, 2.75) is 26.9 Å². The maximum absolute atomic E-state index is 2.40. The SMILES string of the molecule is CCN(Cc1ccc(CN(CC)c2ccccc2)cc1)c1ccccc1. The number of rotatable bonds is 8. The van der Waals surface area contributed by atoms with Gasteiger partial charge >= 0.3 is 0 Å². The first-order valence-electron chi connectivity index (χ1n) is 9.48. The van der Waals surface area contributed by atoms with Crippen molar-refractivity contribution >= 4 is 11.4 Å². The molecule has 2 heteroatoms. The van der Waals surface area contributed by atoms with E-state index >= 15 is 0 Å². The summed E-state index contributed by atoms with van der Waals surface area (Å²) in [5.41, 5.74) is 5.25. The second-order valence-corrected chi connectivity index (χ2v) is 6.52. The van der Waals surface area contributed by atoms with Crippen LogP contribution >= 0.6 is 0 Å². The third kappa shape index (κ3) is 4.66. The smallest absolute Gasteiger partial charge is 0.0429 e. The Hall–Kier alpha value is -2.74. The second-order valence-electron chi connectivity index (χ2n) is 6.52. The van der Waals surface area contributed by atoms with Crippen LogP contribution in [0.4, 0.5) is 11.4 Å². The van der Waals surface area contributed by atoms with Gasteiger partial charge in [-0.1, -0.05) is 60.7 Å². The molecule has 0 N–H and O–H groups in total. The van der Waals surface area contributed by atoms with Crippen LogP contribution in [0.2, 0.25) is 0 Å². The number of nitrogens with zero attached hydrogens (tertiary/aromatic N) is 2. The van der Waals surface area contributed by atoms with Crippen LogP contribution in [-0.2, 0) is 13.1 Å². The highest BCUT2D eigenvalue weighted by atomic mass is 15.1. The molecule has 0 aliphatic carbocycles. The van der Waals surface area contributed by atoms with E-state index in [2.05, 4.69) is 109 Å². The van der Waals surface area contributed by atoms with Gasteiger partial charge in [-0.15, -0.1) is 0 Å². The van der Waals surface area contributed by atoms with Gasteiger partial charge in [-0.05, 0) is 49.2 Å². The molecule has 3 aromatic carbocycles. The van der Waals surface area contributed by atoms with Crippen molar-refractivity contribution < 1.29 is 0 Å². The molecule has 0 aliphatic heterocycles. The summed E-state index contributed by atoms with van der Waals surface area (Å²) in [6.45, 7) is 8.31. The highest BCUT2D eigenvalue weighted by molar-refractivity contribution is 5.48. The zero-order valence-electron chi connectivity index (χ0n) is 15.8. The van der Waals surface area contributed by atoms with Crippen LogP contribution in [0.5, 0.6) is 0 Å². The molecule has 0 unspecified atom stereocenters. The van der Waals surface area contributed by atoms with Crippen LogP contribution in [0.15, 0.2) is 84.9 Å². The van der Waals surface area contributed by atoms with Gasteiger partial charge in [0.05, 0.1) is 0 Å². The molecule has 0 radical (unpaired) electrons.